The number of hydrogen-bond donors (Lipinski definition) is 3. The van der Waals surface area contributed by atoms with Crippen molar-refractivity contribution in [3.05, 3.63) is 35.9 Å². The highest BCUT2D eigenvalue weighted by atomic mass is 32.7. The Bertz CT molecular complexity index is 822. The molecule has 9 nitrogen and oxygen atoms in total. The van der Waals surface area contributed by atoms with Gasteiger partial charge in [-0.25, -0.2) is 4.57 Å². The Morgan fingerprint density at radius 2 is 1.76 bits per heavy atom. The van der Waals surface area contributed by atoms with Gasteiger partial charge >= 0.3 is 12.8 Å². The fourth-order valence-electron chi connectivity index (χ4n) is 2.71. The number of hydrogen-bond acceptors (Lipinski definition) is 10. The average Bonchev–Trinajstić information content (AvgIpc) is 2.80. The molecule has 0 bridgehead atoms. The maximum atomic E-state index is 12.9. The second-order valence-corrected chi connectivity index (χ2v) is 12.3. The van der Waals surface area contributed by atoms with Crippen LogP contribution in [0.3, 0.4) is 0 Å². The summed E-state index contributed by atoms with van der Waals surface area (Å²) in [4.78, 5) is 48.1. The van der Waals surface area contributed by atoms with Crippen LogP contribution in [0.4, 0.5) is 0 Å². The van der Waals surface area contributed by atoms with Gasteiger partial charge in [0.2, 0.25) is 5.12 Å². The molecular weight excluding hydrogens is 487 g/mol. The highest BCUT2D eigenvalue weighted by molar-refractivity contribution is 8.54. The summed E-state index contributed by atoms with van der Waals surface area (Å²) >= 11 is 1.50. The van der Waals surface area contributed by atoms with E-state index in [1.807, 2.05) is 0 Å². The Kier molecular flexibility index (Phi) is 13.5. The molecule has 0 aromatic heterocycles. The molecule has 0 aliphatic heterocycles. The van der Waals surface area contributed by atoms with Crippen molar-refractivity contribution in [3.63, 3.8) is 0 Å². The molecule has 33 heavy (non-hydrogen) atoms. The summed E-state index contributed by atoms with van der Waals surface area (Å²) in [5.74, 6) is -1.38. The van der Waals surface area contributed by atoms with E-state index in [0.717, 1.165) is 23.1 Å². The van der Waals surface area contributed by atoms with E-state index in [1.54, 1.807) is 51.4 Å². The van der Waals surface area contributed by atoms with Gasteiger partial charge in [-0.15, -0.1) is 0 Å². The number of nitrogens with one attached hydrogen (secondary N) is 2. The summed E-state index contributed by atoms with van der Waals surface area (Å²) in [6, 6.07) is 8.44. The zero-order valence-electron chi connectivity index (χ0n) is 19.4. The van der Waals surface area contributed by atoms with Gasteiger partial charge in [0.05, 0.1) is 19.0 Å². The van der Waals surface area contributed by atoms with Crippen molar-refractivity contribution in [1.29, 1.82) is 0 Å². The second kappa shape index (κ2) is 14.9. The van der Waals surface area contributed by atoms with E-state index in [1.165, 1.54) is 6.92 Å². The fourth-order valence-corrected chi connectivity index (χ4v) is 6.30. The molecule has 0 radical (unpaired) electrons. The van der Waals surface area contributed by atoms with Crippen molar-refractivity contribution < 1.29 is 33.1 Å². The molecule has 0 spiro atoms. The van der Waals surface area contributed by atoms with Gasteiger partial charge in [-0.2, -0.15) is 0 Å². The van der Waals surface area contributed by atoms with Gasteiger partial charge in [0.15, 0.2) is 5.78 Å². The van der Waals surface area contributed by atoms with Crippen LogP contribution in [0.2, 0.25) is 0 Å². The zero-order valence-corrected chi connectivity index (χ0v) is 21.9. The Morgan fingerprint density at radius 1 is 1.15 bits per heavy atom. The Morgan fingerprint density at radius 3 is 2.30 bits per heavy atom. The lowest BCUT2D eigenvalue weighted by Gasteiger charge is -2.26. The van der Waals surface area contributed by atoms with E-state index < -0.39 is 30.6 Å². The van der Waals surface area contributed by atoms with E-state index in [2.05, 4.69) is 10.6 Å². The normalized spacial score (nSPS) is 15.0. The number of Topliss-reactive ketones (excluding diaryl/α,β-unsaturated/α-hetero) is 1. The number of ketones is 1. The van der Waals surface area contributed by atoms with Crippen molar-refractivity contribution in [2.75, 3.05) is 51.9 Å². The maximum Gasteiger partial charge on any atom is 0.386 e. The van der Waals surface area contributed by atoms with Crippen LogP contribution >= 0.6 is 29.9 Å². The molecule has 0 amide bonds. The number of thioether (sulfide) groups is 1. The van der Waals surface area contributed by atoms with Crippen molar-refractivity contribution in [2.24, 2.45) is 11.3 Å². The monoisotopic (exact) mass is 520 g/mol. The largest absolute Gasteiger partial charge is 0.465 e. The van der Waals surface area contributed by atoms with Crippen molar-refractivity contribution in [1.82, 2.24) is 10.6 Å². The van der Waals surface area contributed by atoms with Crippen LogP contribution in [-0.4, -0.2) is 73.7 Å². The molecule has 1 aromatic carbocycles. The molecule has 12 heteroatoms. The summed E-state index contributed by atoms with van der Waals surface area (Å²) in [6.45, 7) is -0.581. The molecule has 0 fully saturated rings. The number of benzene rings is 1. The molecule has 0 saturated carbocycles. The SMILES string of the molecule is CCOC(=O)C(C)(COP(=O)(O)SCC(CNC)CNC)C(=O)CSC(=O)c1ccccc1. The third kappa shape index (κ3) is 10.3. The van der Waals surface area contributed by atoms with E-state index >= 15 is 0 Å². The predicted molar refractivity (Wildman–Crippen MR) is 133 cm³/mol. The third-order valence-electron chi connectivity index (χ3n) is 4.66. The Hall–Kier alpha value is -1.20. The first-order valence-corrected chi connectivity index (χ1v) is 14.6. The minimum absolute atomic E-state index is 0.0268. The lowest BCUT2D eigenvalue weighted by atomic mass is 9.87. The Labute approximate surface area is 203 Å². The maximum absolute atomic E-state index is 12.9. The molecule has 0 aliphatic carbocycles. The molecule has 1 aromatic rings. The average molecular weight is 521 g/mol. The first kappa shape index (κ1) is 29.8. The van der Waals surface area contributed by atoms with Crippen LogP contribution in [-0.2, 0) is 23.4 Å². The zero-order chi connectivity index (χ0) is 24.9. The summed E-state index contributed by atoms with van der Waals surface area (Å²) < 4.78 is 22.8. The quantitative estimate of drug-likeness (QED) is 0.169. The molecule has 0 heterocycles. The molecule has 2 unspecified atom stereocenters. The van der Waals surface area contributed by atoms with Gasteiger partial charge in [0.25, 0.3) is 0 Å². The first-order valence-electron chi connectivity index (χ1n) is 10.4. The van der Waals surface area contributed by atoms with Gasteiger partial charge in [-0.1, -0.05) is 42.1 Å². The topological polar surface area (TPSA) is 131 Å². The van der Waals surface area contributed by atoms with Crippen LogP contribution < -0.4 is 10.6 Å². The predicted octanol–water partition coefficient (Wildman–Crippen LogP) is 2.60. The molecule has 0 saturated heterocycles. The Balaban J connectivity index is 2.82. The van der Waals surface area contributed by atoms with E-state index in [-0.39, 0.29) is 23.4 Å². The van der Waals surface area contributed by atoms with Gasteiger partial charge in [0, 0.05) is 11.3 Å². The standard InChI is InChI=1S/C21H33N2O7PS2/c1-5-29-20(26)21(2,18(24)14-32-19(25)17-9-7-6-8-10-17)15-30-31(27,28)33-13-16(11-22-3)12-23-4/h6-10,16,22-23H,5,11-15H2,1-4H3,(H,27,28). The third-order valence-corrected chi connectivity index (χ3v) is 8.71. The van der Waals surface area contributed by atoms with Gasteiger partial charge in [-0.3, -0.25) is 18.9 Å². The van der Waals surface area contributed by atoms with E-state index in [9.17, 15) is 23.8 Å². The second-order valence-electron chi connectivity index (χ2n) is 7.44. The highest BCUT2D eigenvalue weighted by Gasteiger charge is 2.44. The lowest BCUT2D eigenvalue weighted by Crippen LogP contribution is -2.43. The summed E-state index contributed by atoms with van der Waals surface area (Å²) in [7, 11) is 3.58. The van der Waals surface area contributed by atoms with Gasteiger partial charge in [-0.05, 0) is 58.3 Å². The van der Waals surface area contributed by atoms with Crippen LogP contribution in [0.15, 0.2) is 30.3 Å². The number of ether oxygens (including phenoxy) is 1. The minimum Gasteiger partial charge on any atom is -0.465 e. The highest BCUT2D eigenvalue weighted by Crippen LogP contribution is 2.57. The number of carbonyl (C=O) groups is 3. The van der Waals surface area contributed by atoms with Crippen LogP contribution in [0, 0.1) is 11.3 Å². The first-order chi connectivity index (χ1) is 15.6. The lowest BCUT2D eigenvalue weighted by molar-refractivity contribution is -0.160. The number of carbonyl (C=O) groups excluding carboxylic acids is 3. The molecule has 2 atom stereocenters. The minimum atomic E-state index is -4.15. The smallest absolute Gasteiger partial charge is 0.386 e. The van der Waals surface area contributed by atoms with Crippen LogP contribution in [0.1, 0.15) is 24.2 Å². The van der Waals surface area contributed by atoms with Crippen LogP contribution in [0.25, 0.3) is 0 Å². The molecule has 186 valence electrons. The van der Waals surface area contributed by atoms with Gasteiger partial charge < -0.3 is 20.3 Å². The van der Waals surface area contributed by atoms with Crippen LogP contribution in [0.5, 0.6) is 0 Å². The van der Waals surface area contributed by atoms with Crippen molar-refractivity contribution in [2.45, 2.75) is 13.8 Å². The van der Waals surface area contributed by atoms with Crippen molar-refractivity contribution in [3.8, 4) is 0 Å². The van der Waals surface area contributed by atoms with E-state index in [0.29, 0.717) is 24.4 Å². The molecule has 0 aliphatic rings. The molecular formula is C21H33N2O7PS2. The van der Waals surface area contributed by atoms with Gasteiger partial charge in [0.1, 0.15) is 5.41 Å². The van der Waals surface area contributed by atoms with E-state index in [4.69, 9.17) is 9.26 Å². The summed E-state index contributed by atoms with van der Waals surface area (Å²) in [6.07, 6.45) is 0. The number of esters is 1. The van der Waals surface area contributed by atoms with Crippen molar-refractivity contribution >= 4 is 46.8 Å². The fraction of sp³-hybridized carbons (Fsp3) is 0.571. The number of rotatable bonds is 16. The summed E-state index contributed by atoms with van der Waals surface area (Å²) in [5, 5.41) is 5.73. The summed E-state index contributed by atoms with van der Waals surface area (Å²) in [5.41, 5.74) is -1.40. The molecule has 3 N–H and O–H groups in total. The molecule has 1 rings (SSSR count).